The van der Waals surface area contributed by atoms with Gasteiger partial charge >= 0.3 is 0 Å². The predicted molar refractivity (Wildman–Crippen MR) is 62.8 cm³/mol. The molecule has 0 aliphatic carbocycles. The van der Waals surface area contributed by atoms with E-state index in [0.29, 0.717) is 26.2 Å². The fraction of sp³-hybridized carbons (Fsp3) is 0.583. The molecule has 0 bridgehead atoms. The number of nitrogens with zero attached hydrogens (tertiary/aromatic N) is 3. The van der Waals surface area contributed by atoms with Crippen LogP contribution in [0, 0.1) is 11.3 Å². The number of rotatable bonds is 2. The van der Waals surface area contributed by atoms with E-state index in [0.717, 1.165) is 6.42 Å². The molecule has 0 radical (unpaired) electrons. The third-order valence-electron chi connectivity index (χ3n) is 2.70. The smallest absolute Gasteiger partial charge is 0.246 e. The predicted octanol–water partition coefficient (Wildman–Crippen LogP) is 0.537. The van der Waals surface area contributed by atoms with Crippen molar-refractivity contribution in [3.05, 3.63) is 12.2 Å². The fourth-order valence-electron chi connectivity index (χ4n) is 1.81. The highest BCUT2D eigenvalue weighted by Gasteiger charge is 2.20. The Hall–Kier alpha value is -1.83. The van der Waals surface area contributed by atoms with E-state index in [9.17, 15) is 9.59 Å². The topological polar surface area (TPSA) is 64.4 Å². The summed E-state index contributed by atoms with van der Waals surface area (Å²) >= 11 is 0. The summed E-state index contributed by atoms with van der Waals surface area (Å²) < 4.78 is 0. The van der Waals surface area contributed by atoms with Gasteiger partial charge in [0.25, 0.3) is 0 Å². The summed E-state index contributed by atoms with van der Waals surface area (Å²) in [4.78, 5) is 26.6. The molecular formula is C12H17N3O2. The number of amides is 2. The first-order valence-electron chi connectivity index (χ1n) is 5.75. The van der Waals surface area contributed by atoms with Gasteiger partial charge in [-0.3, -0.25) is 9.59 Å². The molecule has 0 unspecified atom stereocenters. The lowest BCUT2D eigenvalue weighted by Gasteiger charge is -2.20. The first-order valence-corrected chi connectivity index (χ1v) is 5.75. The maximum Gasteiger partial charge on any atom is 0.246 e. The zero-order valence-corrected chi connectivity index (χ0v) is 10.1. The van der Waals surface area contributed by atoms with Crippen molar-refractivity contribution in [3.8, 4) is 6.07 Å². The van der Waals surface area contributed by atoms with Gasteiger partial charge in [0, 0.05) is 26.2 Å². The highest BCUT2D eigenvalue weighted by molar-refractivity contribution is 5.87. The van der Waals surface area contributed by atoms with Gasteiger partial charge in [0.1, 0.15) is 6.42 Å². The third kappa shape index (κ3) is 3.91. The number of nitriles is 1. The minimum atomic E-state index is -0.146. The monoisotopic (exact) mass is 235 g/mol. The Morgan fingerprint density at radius 1 is 1.24 bits per heavy atom. The van der Waals surface area contributed by atoms with Crippen LogP contribution in [0.25, 0.3) is 0 Å². The summed E-state index contributed by atoms with van der Waals surface area (Å²) in [5.74, 6) is -0.157. The van der Waals surface area contributed by atoms with Crippen LogP contribution >= 0.6 is 0 Å². The van der Waals surface area contributed by atoms with E-state index in [1.165, 1.54) is 6.08 Å². The van der Waals surface area contributed by atoms with Crippen LogP contribution in [-0.4, -0.2) is 47.8 Å². The van der Waals surface area contributed by atoms with Crippen LogP contribution < -0.4 is 0 Å². The van der Waals surface area contributed by atoms with Crippen LogP contribution in [0.5, 0.6) is 0 Å². The normalized spacial score (nSPS) is 16.7. The van der Waals surface area contributed by atoms with Crippen LogP contribution in [0.2, 0.25) is 0 Å². The molecule has 0 N–H and O–H groups in total. The van der Waals surface area contributed by atoms with E-state index in [2.05, 4.69) is 0 Å². The van der Waals surface area contributed by atoms with Crippen molar-refractivity contribution in [2.24, 2.45) is 0 Å². The lowest BCUT2D eigenvalue weighted by Crippen LogP contribution is -2.36. The quantitative estimate of drug-likeness (QED) is 0.656. The summed E-state index contributed by atoms with van der Waals surface area (Å²) in [5, 5.41) is 8.48. The van der Waals surface area contributed by atoms with Gasteiger partial charge in [-0.05, 0) is 19.4 Å². The van der Waals surface area contributed by atoms with Crippen LogP contribution in [0.3, 0.4) is 0 Å². The summed E-state index contributed by atoms with van der Waals surface area (Å²) in [6.07, 6.45) is 3.93. The van der Waals surface area contributed by atoms with Crippen LogP contribution in [0.15, 0.2) is 12.2 Å². The van der Waals surface area contributed by atoms with Crippen molar-refractivity contribution in [2.45, 2.75) is 19.8 Å². The number of hydrogen-bond acceptors (Lipinski definition) is 3. The molecule has 0 aromatic heterocycles. The Kier molecular flexibility index (Phi) is 5.21. The van der Waals surface area contributed by atoms with Gasteiger partial charge in [-0.15, -0.1) is 0 Å². The second kappa shape index (κ2) is 6.69. The highest BCUT2D eigenvalue weighted by Crippen LogP contribution is 2.05. The first kappa shape index (κ1) is 13.2. The molecule has 17 heavy (non-hydrogen) atoms. The third-order valence-corrected chi connectivity index (χ3v) is 2.70. The summed E-state index contributed by atoms with van der Waals surface area (Å²) in [6.45, 7) is 4.16. The van der Waals surface area contributed by atoms with Crippen molar-refractivity contribution < 1.29 is 9.59 Å². The molecule has 5 nitrogen and oxygen atoms in total. The summed E-state index contributed by atoms with van der Waals surface area (Å²) in [6, 6.07) is 1.86. The second-order valence-electron chi connectivity index (χ2n) is 3.89. The highest BCUT2D eigenvalue weighted by atomic mass is 16.2. The lowest BCUT2D eigenvalue weighted by molar-refractivity contribution is -0.131. The number of carbonyl (C=O) groups excluding carboxylic acids is 2. The van der Waals surface area contributed by atoms with Crippen molar-refractivity contribution in [2.75, 3.05) is 26.2 Å². The molecule has 1 aliphatic heterocycles. The average molecular weight is 235 g/mol. The van der Waals surface area contributed by atoms with Gasteiger partial charge in [0.15, 0.2) is 0 Å². The van der Waals surface area contributed by atoms with E-state index in [4.69, 9.17) is 5.26 Å². The van der Waals surface area contributed by atoms with Crippen LogP contribution in [-0.2, 0) is 9.59 Å². The molecule has 1 aliphatic rings. The molecule has 0 aromatic carbocycles. The molecule has 0 aromatic rings. The summed E-state index contributed by atoms with van der Waals surface area (Å²) in [7, 11) is 0. The van der Waals surface area contributed by atoms with Gasteiger partial charge in [0.05, 0.1) is 6.07 Å². The van der Waals surface area contributed by atoms with Gasteiger partial charge in [0.2, 0.25) is 11.8 Å². The Bertz CT molecular complexity index is 357. The average Bonchev–Trinajstić information content (AvgIpc) is 2.55. The molecule has 0 atom stereocenters. The molecule has 1 rings (SSSR count). The molecular weight excluding hydrogens is 218 g/mol. The minimum absolute atomic E-state index is 0.0120. The molecule has 1 fully saturated rings. The van der Waals surface area contributed by atoms with Gasteiger partial charge < -0.3 is 9.80 Å². The minimum Gasteiger partial charge on any atom is -0.340 e. The van der Waals surface area contributed by atoms with Crippen LogP contribution in [0.4, 0.5) is 0 Å². The standard InChI is InChI=1S/C12H17N3O2/c1-2-4-11(16)14-7-3-8-15(10-9-14)12(17)5-6-13/h2,4H,3,5,7-10H2,1H3/b4-2+. The molecule has 1 heterocycles. The second-order valence-corrected chi connectivity index (χ2v) is 3.89. The molecule has 5 heteroatoms. The lowest BCUT2D eigenvalue weighted by atomic mass is 10.3. The largest absolute Gasteiger partial charge is 0.340 e. The zero-order chi connectivity index (χ0) is 12.7. The molecule has 1 saturated heterocycles. The first-order chi connectivity index (χ1) is 8.19. The van der Waals surface area contributed by atoms with Crippen molar-refractivity contribution >= 4 is 11.8 Å². The Morgan fingerprint density at radius 2 is 1.88 bits per heavy atom. The maximum absolute atomic E-state index is 11.6. The van der Waals surface area contributed by atoms with E-state index >= 15 is 0 Å². The van der Waals surface area contributed by atoms with E-state index in [1.807, 2.05) is 6.07 Å². The SMILES string of the molecule is C/C=C/C(=O)N1CCCN(C(=O)CC#N)CC1. The summed E-state index contributed by atoms with van der Waals surface area (Å²) in [5.41, 5.74) is 0. The number of allylic oxidation sites excluding steroid dienone is 1. The van der Waals surface area contributed by atoms with E-state index in [1.54, 1.807) is 22.8 Å². The Labute approximate surface area is 101 Å². The van der Waals surface area contributed by atoms with Crippen molar-refractivity contribution in [1.82, 2.24) is 9.80 Å². The maximum atomic E-state index is 11.6. The number of hydrogen-bond donors (Lipinski definition) is 0. The Morgan fingerprint density at radius 3 is 2.53 bits per heavy atom. The van der Waals surface area contributed by atoms with Crippen molar-refractivity contribution in [3.63, 3.8) is 0 Å². The van der Waals surface area contributed by atoms with Gasteiger partial charge in [-0.2, -0.15) is 5.26 Å². The molecule has 0 spiro atoms. The van der Waals surface area contributed by atoms with E-state index < -0.39 is 0 Å². The molecule has 2 amide bonds. The van der Waals surface area contributed by atoms with E-state index in [-0.39, 0.29) is 18.2 Å². The molecule has 0 saturated carbocycles. The zero-order valence-electron chi connectivity index (χ0n) is 10.1. The number of carbonyl (C=O) groups is 2. The fourth-order valence-corrected chi connectivity index (χ4v) is 1.81. The van der Waals surface area contributed by atoms with Gasteiger partial charge in [-0.25, -0.2) is 0 Å². The van der Waals surface area contributed by atoms with Crippen LogP contribution in [0.1, 0.15) is 19.8 Å². The van der Waals surface area contributed by atoms with Crippen molar-refractivity contribution in [1.29, 1.82) is 5.26 Å². The molecule has 92 valence electrons. The van der Waals surface area contributed by atoms with Gasteiger partial charge in [-0.1, -0.05) is 6.08 Å². The Balaban J connectivity index is 2.53.